The van der Waals surface area contributed by atoms with Gasteiger partial charge in [0.25, 0.3) is 0 Å². The van der Waals surface area contributed by atoms with E-state index < -0.39 is 5.97 Å². The first-order chi connectivity index (χ1) is 10.5. The summed E-state index contributed by atoms with van der Waals surface area (Å²) < 4.78 is 0. The summed E-state index contributed by atoms with van der Waals surface area (Å²) in [6.45, 7) is 5.19. The Labute approximate surface area is 132 Å². The summed E-state index contributed by atoms with van der Waals surface area (Å²) in [5.41, 5.74) is 1.16. The molecule has 0 heterocycles. The highest BCUT2D eigenvalue weighted by Crippen LogP contribution is 2.30. The average Bonchev–Trinajstić information content (AvgIpc) is 2.54. The zero-order valence-electron chi connectivity index (χ0n) is 13.4. The molecule has 22 heavy (non-hydrogen) atoms. The van der Waals surface area contributed by atoms with E-state index in [0.717, 1.165) is 12.8 Å². The molecule has 2 amide bonds. The minimum atomic E-state index is -0.845. The van der Waals surface area contributed by atoms with Gasteiger partial charge in [0, 0.05) is 24.9 Å². The van der Waals surface area contributed by atoms with Crippen molar-refractivity contribution in [3.8, 4) is 0 Å². The van der Waals surface area contributed by atoms with Gasteiger partial charge in [0.05, 0.1) is 0 Å². The van der Waals surface area contributed by atoms with E-state index in [1.807, 2.05) is 18.2 Å². The molecule has 0 atom stereocenters. The van der Waals surface area contributed by atoms with Crippen LogP contribution in [0.25, 0.3) is 0 Å². The Balaban J connectivity index is 2.51. The van der Waals surface area contributed by atoms with E-state index in [4.69, 9.17) is 5.11 Å². The molecule has 5 heteroatoms. The van der Waals surface area contributed by atoms with Crippen LogP contribution in [0.1, 0.15) is 45.1 Å². The summed E-state index contributed by atoms with van der Waals surface area (Å²) in [6, 6.07) is 9.97. The topological polar surface area (TPSA) is 78.4 Å². The second-order valence-corrected chi connectivity index (χ2v) is 5.46. The van der Waals surface area contributed by atoms with Crippen molar-refractivity contribution in [3.63, 3.8) is 0 Å². The molecule has 0 fully saturated rings. The highest BCUT2D eigenvalue weighted by molar-refractivity contribution is 5.74. The van der Waals surface area contributed by atoms with Crippen LogP contribution in [0.5, 0.6) is 0 Å². The van der Waals surface area contributed by atoms with Crippen LogP contribution in [0.15, 0.2) is 30.3 Å². The number of amides is 2. The fraction of sp³-hybridized carbons (Fsp3) is 0.529. The molecule has 0 aliphatic carbocycles. The van der Waals surface area contributed by atoms with E-state index in [0.29, 0.717) is 19.5 Å². The Morgan fingerprint density at radius 2 is 1.73 bits per heavy atom. The first kappa shape index (κ1) is 18.0. The summed E-state index contributed by atoms with van der Waals surface area (Å²) in [6.07, 6.45) is 2.38. The molecule has 3 N–H and O–H groups in total. The average molecular weight is 306 g/mol. The maximum absolute atomic E-state index is 11.8. The predicted molar refractivity (Wildman–Crippen MR) is 87.0 cm³/mol. The number of hydrogen-bond donors (Lipinski definition) is 3. The molecular weight excluding hydrogens is 280 g/mol. The molecule has 0 aliphatic rings. The van der Waals surface area contributed by atoms with Crippen LogP contribution >= 0.6 is 0 Å². The largest absolute Gasteiger partial charge is 0.481 e. The van der Waals surface area contributed by atoms with Gasteiger partial charge in [0.15, 0.2) is 0 Å². The quantitative estimate of drug-likeness (QED) is 0.614. The van der Waals surface area contributed by atoms with Gasteiger partial charge in [-0.2, -0.15) is 0 Å². The van der Waals surface area contributed by atoms with E-state index in [2.05, 4.69) is 36.6 Å². The molecule has 0 unspecified atom stereocenters. The standard InChI is InChI=1S/C17H26N2O3/c1-3-17(4-2,14-9-6-5-7-10-14)13-19-16(22)18-12-8-11-15(20)21/h5-7,9-10H,3-4,8,11-13H2,1-2H3,(H,20,21)(H2,18,19,22). The third kappa shape index (κ3) is 5.39. The number of carboxylic acids is 1. The number of carbonyl (C=O) groups excluding carboxylic acids is 1. The molecular formula is C17H26N2O3. The second kappa shape index (κ2) is 9.07. The van der Waals surface area contributed by atoms with Crippen molar-refractivity contribution in [2.24, 2.45) is 0 Å². The van der Waals surface area contributed by atoms with Crippen molar-refractivity contribution >= 4 is 12.0 Å². The molecule has 5 nitrogen and oxygen atoms in total. The lowest BCUT2D eigenvalue weighted by molar-refractivity contribution is -0.137. The van der Waals surface area contributed by atoms with Crippen LogP contribution in [0, 0.1) is 0 Å². The smallest absolute Gasteiger partial charge is 0.314 e. The summed E-state index contributed by atoms with van der Waals surface area (Å²) in [7, 11) is 0. The number of benzene rings is 1. The number of carbonyl (C=O) groups is 2. The second-order valence-electron chi connectivity index (χ2n) is 5.46. The van der Waals surface area contributed by atoms with Crippen LogP contribution in [0.4, 0.5) is 4.79 Å². The Morgan fingerprint density at radius 1 is 1.09 bits per heavy atom. The van der Waals surface area contributed by atoms with Crippen LogP contribution < -0.4 is 10.6 Å². The fourth-order valence-electron chi connectivity index (χ4n) is 2.56. The van der Waals surface area contributed by atoms with E-state index >= 15 is 0 Å². The van der Waals surface area contributed by atoms with E-state index in [1.165, 1.54) is 5.56 Å². The van der Waals surface area contributed by atoms with Gasteiger partial charge in [-0.1, -0.05) is 44.2 Å². The van der Waals surface area contributed by atoms with Crippen molar-refractivity contribution in [2.75, 3.05) is 13.1 Å². The first-order valence-electron chi connectivity index (χ1n) is 7.83. The van der Waals surface area contributed by atoms with Crippen LogP contribution in [0.3, 0.4) is 0 Å². The van der Waals surface area contributed by atoms with Gasteiger partial charge < -0.3 is 15.7 Å². The van der Waals surface area contributed by atoms with Gasteiger partial charge in [0.1, 0.15) is 0 Å². The monoisotopic (exact) mass is 306 g/mol. The highest BCUT2D eigenvalue weighted by Gasteiger charge is 2.28. The lowest BCUT2D eigenvalue weighted by atomic mass is 9.76. The number of rotatable bonds is 9. The van der Waals surface area contributed by atoms with Crippen molar-refractivity contribution in [1.29, 1.82) is 0 Å². The lowest BCUT2D eigenvalue weighted by Gasteiger charge is -2.32. The number of nitrogens with one attached hydrogen (secondary N) is 2. The molecule has 0 aromatic heterocycles. The maximum atomic E-state index is 11.8. The van der Waals surface area contributed by atoms with Gasteiger partial charge in [0.2, 0.25) is 0 Å². The van der Waals surface area contributed by atoms with Gasteiger partial charge >= 0.3 is 12.0 Å². The summed E-state index contributed by atoms with van der Waals surface area (Å²) >= 11 is 0. The van der Waals surface area contributed by atoms with Crippen molar-refractivity contribution in [2.45, 2.75) is 44.9 Å². The number of urea groups is 1. The Bertz CT molecular complexity index is 470. The maximum Gasteiger partial charge on any atom is 0.314 e. The molecule has 1 aromatic rings. The number of aliphatic carboxylic acids is 1. The lowest BCUT2D eigenvalue weighted by Crippen LogP contribution is -2.44. The van der Waals surface area contributed by atoms with Crippen LogP contribution in [-0.4, -0.2) is 30.2 Å². The van der Waals surface area contributed by atoms with Gasteiger partial charge in [-0.25, -0.2) is 4.79 Å². The summed E-state index contributed by atoms with van der Waals surface area (Å²) in [4.78, 5) is 22.2. The van der Waals surface area contributed by atoms with E-state index in [-0.39, 0.29) is 17.9 Å². The van der Waals surface area contributed by atoms with E-state index in [9.17, 15) is 9.59 Å². The minimum Gasteiger partial charge on any atom is -0.481 e. The Morgan fingerprint density at radius 3 is 2.27 bits per heavy atom. The molecule has 0 bridgehead atoms. The first-order valence-corrected chi connectivity index (χ1v) is 7.83. The van der Waals surface area contributed by atoms with Crippen molar-refractivity contribution in [1.82, 2.24) is 10.6 Å². The Kier molecular flexibility index (Phi) is 7.43. The van der Waals surface area contributed by atoms with Gasteiger partial charge in [-0.3, -0.25) is 4.79 Å². The zero-order valence-corrected chi connectivity index (χ0v) is 13.4. The van der Waals surface area contributed by atoms with E-state index in [1.54, 1.807) is 0 Å². The van der Waals surface area contributed by atoms with Crippen LogP contribution in [0.2, 0.25) is 0 Å². The predicted octanol–water partition coefficient (Wildman–Crippen LogP) is 2.91. The summed E-state index contributed by atoms with van der Waals surface area (Å²) in [5, 5.41) is 14.2. The molecule has 0 saturated carbocycles. The molecule has 0 aliphatic heterocycles. The van der Waals surface area contributed by atoms with Gasteiger partial charge in [-0.05, 0) is 24.8 Å². The zero-order chi connectivity index (χ0) is 16.4. The molecule has 0 spiro atoms. The van der Waals surface area contributed by atoms with Crippen molar-refractivity contribution in [3.05, 3.63) is 35.9 Å². The molecule has 0 radical (unpaired) electrons. The third-order valence-corrected chi connectivity index (χ3v) is 4.18. The number of carboxylic acid groups (broad SMARTS) is 1. The molecule has 122 valence electrons. The molecule has 1 rings (SSSR count). The number of hydrogen-bond acceptors (Lipinski definition) is 2. The molecule has 1 aromatic carbocycles. The molecule has 0 saturated heterocycles. The van der Waals surface area contributed by atoms with Crippen LogP contribution in [-0.2, 0) is 10.2 Å². The van der Waals surface area contributed by atoms with Crippen molar-refractivity contribution < 1.29 is 14.7 Å². The Hall–Kier alpha value is -2.04. The minimum absolute atomic E-state index is 0.0676. The third-order valence-electron chi connectivity index (χ3n) is 4.18. The van der Waals surface area contributed by atoms with Gasteiger partial charge in [-0.15, -0.1) is 0 Å². The SMILES string of the molecule is CCC(CC)(CNC(=O)NCCCC(=O)O)c1ccccc1. The normalized spacial score (nSPS) is 11.0. The highest BCUT2D eigenvalue weighted by atomic mass is 16.4. The fourth-order valence-corrected chi connectivity index (χ4v) is 2.56. The summed E-state index contributed by atoms with van der Waals surface area (Å²) in [5.74, 6) is -0.845.